The molecule has 9 heteroatoms. The van der Waals surface area contributed by atoms with Crippen LogP contribution in [0.25, 0.3) is 0 Å². The van der Waals surface area contributed by atoms with E-state index in [1.807, 2.05) is 13.8 Å². The summed E-state index contributed by atoms with van der Waals surface area (Å²) in [7, 11) is -3.81. The van der Waals surface area contributed by atoms with Crippen molar-refractivity contribution in [3.63, 3.8) is 0 Å². The van der Waals surface area contributed by atoms with Crippen LogP contribution in [0, 0.1) is 5.92 Å². The van der Waals surface area contributed by atoms with Crippen molar-refractivity contribution in [1.29, 1.82) is 0 Å². The monoisotopic (exact) mass is 414 g/mol. The molecule has 2 aliphatic rings. The van der Waals surface area contributed by atoms with E-state index in [0.29, 0.717) is 42.9 Å². The molecule has 0 spiro atoms. The van der Waals surface area contributed by atoms with Crippen LogP contribution in [0.4, 0.5) is 0 Å². The zero-order valence-corrected chi connectivity index (χ0v) is 17.3. The number of carbonyl (C=O) groups is 1. The van der Waals surface area contributed by atoms with E-state index in [4.69, 9.17) is 9.47 Å². The average Bonchev–Trinajstić information content (AvgIpc) is 3.34. The predicted molar refractivity (Wildman–Crippen MR) is 105 cm³/mol. The van der Waals surface area contributed by atoms with Crippen molar-refractivity contribution in [2.24, 2.45) is 5.92 Å². The number of hydrogen-bond acceptors (Lipinski definition) is 6. The van der Waals surface area contributed by atoms with E-state index >= 15 is 0 Å². The Kier molecular flexibility index (Phi) is 6.54. The maximum Gasteiger partial charge on any atom is 0.244 e. The number of benzene rings is 1. The lowest BCUT2D eigenvalue weighted by molar-refractivity contribution is -0.123. The number of thioether (sulfide) groups is 1. The molecular formula is C18H26N2O5S2. The zero-order chi connectivity index (χ0) is 19.4. The maximum absolute atomic E-state index is 13.2. The van der Waals surface area contributed by atoms with E-state index in [-0.39, 0.29) is 16.7 Å². The molecule has 0 aromatic heterocycles. The first kappa shape index (κ1) is 20.3. The molecule has 1 saturated heterocycles. The van der Waals surface area contributed by atoms with Crippen LogP contribution in [0.3, 0.4) is 0 Å². The smallest absolute Gasteiger partial charge is 0.244 e. The molecule has 0 radical (unpaired) electrons. The third-order valence-electron chi connectivity index (χ3n) is 4.53. The Balaban J connectivity index is 1.81. The fourth-order valence-corrected chi connectivity index (χ4v) is 6.05. The molecule has 27 heavy (non-hydrogen) atoms. The average molecular weight is 415 g/mol. The summed E-state index contributed by atoms with van der Waals surface area (Å²) in [5.41, 5.74) is 0. The summed E-state index contributed by atoms with van der Waals surface area (Å²) in [5, 5.41) is 2.89. The molecule has 1 aromatic rings. The maximum atomic E-state index is 13.2. The molecule has 1 heterocycles. The minimum Gasteiger partial charge on any atom is -0.490 e. The van der Waals surface area contributed by atoms with Gasteiger partial charge in [0.1, 0.15) is 6.04 Å². The van der Waals surface area contributed by atoms with E-state index < -0.39 is 16.1 Å². The fourth-order valence-electron chi connectivity index (χ4n) is 2.88. The fraction of sp³-hybridized carbons (Fsp3) is 0.611. The number of amides is 1. The Hall–Kier alpha value is -1.45. The van der Waals surface area contributed by atoms with Crippen molar-refractivity contribution in [2.45, 2.75) is 37.6 Å². The van der Waals surface area contributed by atoms with Crippen LogP contribution in [0.2, 0.25) is 0 Å². The lowest BCUT2D eigenvalue weighted by Gasteiger charge is -2.23. The van der Waals surface area contributed by atoms with E-state index in [0.717, 1.165) is 12.8 Å². The Morgan fingerprint density at radius 3 is 2.59 bits per heavy atom. The number of nitrogens with one attached hydrogen (secondary N) is 1. The second kappa shape index (κ2) is 8.70. The van der Waals surface area contributed by atoms with Crippen LogP contribution in [-0.4, -0.2) is 56.1 Å². The van der Waals surface area contributed by atoms with Gasteiger partial charge in [0.05, 0.1) is 24.0 Å². The Morgan fingerprint density at radius 2 is 1.93 bits per heavy atom. The van der Waals surface area contributed by atoms with Crippen LogP contribution < -0.4 is 14.8 Å². The van der Waals surface area contributed by atoms with Gasteiger partial charge in [0.15, 0.2) is 11.5 Å². The van der Waals surface area contributed by atoms with Gasteiger partial charge < -0.3 is 14.8 Å². The van der Waals surface area contributed by atoms with E-state index in [1.54, 1.807) is 6.07 Å². The van der Waals surface area contributed by atoms with Crippen LogP contribution in [-0.2, 0) is 14.8 Å². The van der Waals surface area contributed by atoms with Crippen molar-refractivity contribution in [3.8, 4) is 11.5 Å². The molecule has 1 N–H and O–H groups in total. The first-order valence-electron chi connectivity index (χ1n) is 9.24. The Morgan fingerprint density at radius 1 is 1.22 bits per heavy atom. The van der Waals surface area contributed by atoms with E-state index in [2.05, 4.69) is 5.32 Å². The molecule has 0 bridgehead atoms. The number of sulfonamides is 1. The predicted octanol–water partition coefficient (Wildman–Crippen LogP) is 2.07. The van der Waals surface area contributed by atoms with Gasteiger partial charge in [-0.2, -0.15) is 4.31 Å². The molecule has 150 valence electrons. The molecule has 1 aromatic carbocycles. The third-order valence-corrected chi connectivity index (χ3v) is 7.55. The molecule has 1 aliphatic heterocycles. The lowest BCUT2D eigenvalue weighted by Crippen LogP contribution is -2.47. The molecule has 1 atom stereocenters. The summed E-state index contributed by atoms with van der Waals surface area (Å²) in [6.45, 7) is 5.17. The van der Waals surface area contributed by atoms with Crippen LogP contribution in [0.1, 0.15) is 26.7 Å². The SMILES string of the molecule is CCOc1ccc(S(=O)(=O)N2CSCC2C(=O)NCC2CC2)cc1OCC. The minimum absolute atomic E-state index is 0.108. The third kappa shape index (κ3) is 4.70. The first-order chi connectivity index (χ1) is 13.0. The van der Waals surface area contributed by atoms with Gasteiger partial charge >= 0.3 is 0 Å². The number of ether oxygens (including phenoxy) is 2. The standard InChI is InChI=1S/C18H26N2O5S2/c1-3-24-16-8-7-14(9-17(16)25-4-2)27(22,23)20-12-26-11-15(20)18(21)19-10-13-5-6-13/h7-9,13,15H,3-6,10-12H2,1-2H3,(H,19,21). The molecule has 1 aliphatic carbocycles. The van der Waals surface area contributed by atoms with Gasteiger partial charge in [-0.15, -0.1) is 11.8 Å². The van der Waals surface area contributed by atoms with Gasteiger partial charge in [0.25, 0.3) is 0 Å². The summed E-state index contributed by atoms with van der Waals surface area (Å²) in [5.74, 6) is 1.96. The lowest BCUT2D eigenvalue weighted by atomic mass is 10.3. The van der Waals surface area contributed by atoms with E-state index in [1.165, 1.54) is 28.2 Å². The largest absolute Gasteiger partial charge is 0.490 e. The van der Waals surface area contributed by atoms with Crippen LogP contribution in [0.15, 0.2) is 23.1 Å². The van der Waals surface area contributed by atoms with Crippen molar-refractivity contribution in [2.75, 3.05) is 31.4 Å². The van der Waals surface area contributed by atoms with E-state index in [9.17, 15) is 13.2 Å². The molecule has 1 saturated carbocycles. The number of carbonyl (C=O) groups excluding carboxylic acids is 1. The Labute approximate surface area is 164 Å². The second-order valence-electron chi connectivity index (χ2n) is 6.57. The summed E-state index contributed by atoms with van der Waals surface area (Å²) in [4.78, 5) is 12.6. The van der Waals surface area contributed by atoms with Crippen LogP contribution in [0.5, 0.6) is 11.5 Å². The molecular weight excluding hydrogens is 388 g/mol. The summed E-state index contributed by atoms with van der Waals surface area (Å²) >= 11 is 1.45. The zero-order valence-electron chi connectivity index (χ0n) is 15.6. The highest BCUT2D eigenvalue weighted by Gasteiger charge is 2.40. The highest BCUT2D eigenvalue weighted by Crippen LogP contribution is 2.34. The van der Waals surface area contributed by atoms with Crippen LogP contribution >= 0.6 is 11.8 Å². The number of rotatable bonds is 9. The van der Waals surface area contributed by atoms with Gasteiger partial charge in [-0.3, -0.25) is 4.79 Å². The second-order valence-corrected chi connectivity index (χ2v) is 9.46. The van der Waals surface area contributed by atoms with Crippen molar-refractivity contribution >= 4 is 27.7 Å². The van der Waals surface area contributed by atoms with Gasteiger partial charge in [-0.25, -0.2) is 8.42 Å². The van der Waals surface area contributed by atoms with Crippen molar-refractivity contribution in [1.82, 2.24) is 9.62 Å². The van der Waals surface area contributed by atoms with Gasteiger partial charge in [0, 0.05) is 18.4 Å². The highest BCUT2D eigenvalue weighted by atomic mass is 32.2. The quantitative estimate of drug-likeness (QED) is 0.666. The first-order valence-corrected chi connectivity index (χ1v) is 11.8. The number of nitrogens with zero attached hydrogens (tertiary/aromatic N) is 1. The normalized spacial score (nSPS) is 20.4. The van der Waals surface area contributed by atoms with Crippen molar-refractivity contribution < 1.29 is 22.7 Å². The van der Waals surface area contributed by atoms with Gasteiger partial charge in [0.2, 0.25) is 15.9 Å². The topological polar surface area (TPSA) is 84.9 Å². The summed E-state index contributed by atoms with van der Waals surface area (Å²) in [6, 6.07) is 3.91. The molecule has 1 amide bonds. The number of hydrogen-bond donors (Lipinski definition) is 1. The molecule has 7 nitrogen and oxygen atoms in total. The summed E-state index contributed by atoms with van der Waals surface area (Å²) < 4.78 is 38.6. The van der Waals surface area contributed by atoms with Gasteiger partial charge in [-0.1, -0.05) is 0 Å². The summed E-state index contributed by atoms with van der Waals surface area (Å²) in [6.07, 6.45) is 2.27. The molecule has 2 fully saturated rings. The molecule has 3 rings (SSSR count). The molecule has 1 unspecified atom stereocenters. The minimum atomic E-state index is -3.81. The highest BCUT2D eigenvalue weighted by molar-refractivity contribution is 8.00. The Bertz CT molecular complexity index is 780. The van der Waals surface area contributed by atoms with Gasteiger partial charge in [-0.05, 0) is 44.7 Å². The van der Waals surface area contributed by atoms with Crippen molar-refractivity contribution in [3.05, 3.63) is 18.2 Å².